The Kier molecular flexibility index (Phi) is 8.20. The Morgan fingerprint density at radius 2 is 1.51 bits per heavy atom. The molecular formula is C26H34N4O4S. The van der Waals surface area contributed by atoms with Gasteiger partial charge in [0.2, 0.25) is 15.9 Å². The van der Waals surface area contributed by atoms with E-state index in [4.69, 9.17) is 0 Å². The first-order valence-corrected chi connectivity index (χ1v) is 13.8. The summed E-state index contributed by atoms with van der Waals surface area (Å²) in [5.41, 5.74) is 2.15. The molecule has 9 heteroatoms. The Bertz CT molecular complexity index is 1150. The summed E-state index contributed by atoms with van der Waals surface area (Å²) in [5.74, 6) is -0.356. The molecule has 0 unspecified atom stereocenters. The summed E-state index contributed by atoms with van der Waals surface area (Å²) in [6.45, 7) is 5.27. The first-order valence-electron chi connectivity index (χ1n) is 12.4. The lowest BCUT2D eigenvalue weighted by Gasteiger charge is -2.35. The van der Waals surface area contributed by atoms with Crippen molar-refractivity contribution >= 4 is 27.5 Å². The van der Waals surface area contributed by atoms with Gasteiger partial charge < -0.3 is 10.2 Å². The van der Waals surface area contributed by atoms with Crippen molar-refractivity contribution in [1.82, 2.24) is 14.1 Å². The lowest BCUT2D eigenvalue weighted by molar-refractivity contribution is -0.117. The second-order valence-corrected chi connectivity index (χ2v) is 11.0. The lowest BCUT2D eigenvalue weighted by Crippen LogP contribution is -2.50. The number of nitrogens with zero attached hydrogens (tertiary/aromatic N) is 3. The first kappa shape index (κ1) is 25.3. The molecular weight excluding hydrogens is 464 g/mol. The second-order valence-electron chi connectivity index (χ2n) is 9.09. The van der Waals surface area contributed by atoms with E-state index >= 15 is 0 Å². The van der Waals surface area contributed by atoms with Crippen molar-refractivity contribution in [3.05, 3.63) is 59.7 Å². The molecule has 2 fully saturated rings. The van der Waals surface area contributed by atoms with Crippen LogP contribution in [0.25, 0.3) is 0 Å². The van der Waals surface area contributed by atoms with Crippen LogP contribution in [0.5, 0.6) is 0 Å². The highest BCUT2D eigenvalue weighted by Crippen LogP contribution is 2.25. The van der Waals surface area contributed by atoms with Crippen LogP contribution >= 0.6 is 0 Å². The molecule has 2 saturated heterocycles. The largest absolute Gasteiger partial charge is 0.336 e. The number of anilines is 1. The number of para-hydroxylation sites is 1. The predicted molar refractivity (Wildman–Crippen MR) is 136 cm³/mol. The van der Waals surface area contributed by atoms with Crippen molar-refractivity contribution in [3.8, 4) is 0 Å². The van der Waals surface area contributed by atoms with Gasteiger partial charge >= 0.3 is 0 Å². The molecule has 4 rings (SSSR count). The van der Waals surface area contributed by atoms with E-state index in [0.717, 1.165) is 36.9 Å². The highest BCUT2D eigenvalue weighted by Gasteiger charge is 2.32. The van der Waals surface area contributed by atoms with E-state index in [2.05, 4.69) is 12.2 Å². The number of amides is 2. The molecule has 0 aliphatic carbocycles. The van der Waals surface area contributed by atoms with Crippen molar-refractivity contribution in [3.63, 3.8) is 0 Å². The molecule has 2 amide bonds. The normalized spacial score (nSPS) is 17.8. The summed E-state index contributed by atoms with van der Waals surface area (Å²) < 4.78 is 28.0. The van der Waals surface area contributed by atoms with Gasteiger partial charge in [-0.1, -0.05) is 43.7 Å². The van der Waals surface area contributed by atoms with Crippen molar-refractivity contribution < 1.29 is 18.0 Å². The molecule has 8 nitrogen and oxygen atoms in total. The van der Waals surface area contributed by atoms with Gasteiger partial charge in [-0.25, -0.2) is 8.42 Å². The van der Waals surface area contributed by atoms with Gasteiger partial charge in [0, 0.05) is 45.0 Å². The zero-order chi connectivity index (χ0) is 24.8. The fraction of sp³-hybridized carbons (Fsp3) is 0.462. The minimum Gasteiger partial charge on any atom is -0.336 e. The minimum atomic E-state index is -3.72. The molecule has 2 heterocycles. The molecule has 0 aromatic heterocycles. The van der Waals surface area contributed by atoms with Crippen LogP contribution < -0.4 is 5.32 Å². The Labute approximate surface area is 207 Å². The van der Waals surface area contributed by atoms with Gasteiger partial charge in [0.25, 0.3) is 5.91 Å². The van der Waals surface area contributed by atoms with Gasteiger partial charge in [-0.2, -0.15) is 4.31 Å². The van der Waals surface area contributed by atoms with E-state index in [1.807, 2.05) is 29.2 Å². The Morgan fingerprint density at radius 3 is 2.23 bits per heavy atom. The van der Waals surface area contributed by atoms with Crippen LogP contribution in [-0.2, 0) is 21.2 Å². The number of hydrogen-bond donors (Lipinski definition) is 1. The molecule has 1 N–H and O–H groups in total. The van der Waals surface area contributed by atoms with Crippen molar-refractivity contribution in [1.29, 1.82) is 0 Å². The zero-order valence-corrected chi connectivity index (χ0v) is 21.1. The van der Waals surface area contributed by atoms with Gasteiger partial charge in [0.05, 0.1) is 17.0 Å². The van der Waals surface area contributed by atoms with Crippen LogP contribution in [0.1, 0.15) is 42.1 Å². The number of carbonyl (C=O) groups is 2. The number of benzene rings is 2. The highest BCUT2D eigenvalue weighted by atomic mass is 32.2. The molecule has 2 aromatic rings. The van der Waals surface area contributed by atoms with Gasteiger partial charge in [-0.3, -0.25) is 14.5 Å². The fourth-order valence-corrected chi connectivity index (χ4v) is 6.44. The summed E-state index contributed by atoms with van der Waals surface area (Å²) >= 11 is 0. The van der Waals surface area contributed by atoms with E-state index in [-0.39, 0.29) is 28.8 Å². The van der Waals surface area contributed by atoms with Gasteiger partial charge in [0.15, 0.2) is 0 Å². The molecule has 35 heavy (non-hydrogen) atoms. The van der Waals surface area contributed by atoms with Gasteiger partial charge in [0.1, 0.15) is 0 Å². The molecule has 188 valence electrons. The van der Waals surface area contributed by atoms with Crippen molar-refractivity contribution in [2.75, 3.05) is 51.1 Å². The van der Waals surface area contributed by atoms with E-state index in [1.165, 1.54) is 10.4 Å². The fourth-order valence-electron chi connectivity index (χ4n) is 4.74. The monoisotopic (exact) mass is 498 g/mol. The number of carbonyl (C=O) groups excluding carboxylic acids is 2. The number of sulfonamides is 1. The minimum absolute atomic E-state index is 0.0800. The number of rotatable bonds is 7. The van der Waals surface area contributed by atoms with Crippen molar-refractivity contribution in [2.24, 2.45) is 0 Å². The Morgan fingerprint density at radius 1 is 0.857 bits per heavy atom. The zero-order valence-electron chi connectivity index (χ0n) is 20.3. The predicted octanol–water partition coefficient (Wildman–Crippen LogP) is 2.82. The average Bonchev–Trinajstić information content (AvgIpc) is 2.89. The molecule has 2 aliphatic rings. The summed E-state index contributed by atoms with van der Waals surface area (Å²) in [6, 6.07) is 14.3. The number of nitrogens with one attached hydrogen (secondary N) is 1. The van der Waals surface area contributed by atoms with E-state index in [0.29, 0.717) is 39.3 Å². The quantitative estimate of drug-likeness (QED) is 0.634. The molecule has 0 atom stereocenters. The first-order chi connectivity index (χ1) is 16.9. The van der Waals surface area contributed by atoms with Gasteiger partial charge in [-0.05, 0) is 43.0 Å². The van der Waals surface area contributed by atoms with Gasteiger partial charge in [-0.15, -0.1) is 0 Å². The average molecular weight is 499 g/mol. The highest BCUT2D eigenvalue weighted by molar-refractivity contribution is 7.89. The summed E-state index contributed by atoms with van der Waals surface area (Å²) in [4.78, 5) is 29.7. The third-order valence-corrected chi connectivity index (χ3v) is 8.71. The summed E-state index contributed by atoms with van der Waals surface area (Å²) in [5, 5.41) is 2.99. The SMILES string of the molecule is CCc1ccccc1NC(=O)CN1CCN(C(=O)c2ccccc2S(=O)(=O)N2CCCCC2)CC1. The summed E-state index contributed by atoms with van der Waals surface area (Å²) in [7, 11) is -3.72. The molecule has 0 spiro atoms. The van der Waals surface area contributed by atoms with Crippen LogP contribution in [0.4, 0.5) is 5.69 Å². The third-order valence-electron chi connectivity index (χ3n) is 6.75. The Hall–Kier alpha value is -2.75. The number of aryl methyl sites for hydroxylation is 1. The smallest absolute Gasteiger partial charge is 0.255 e. The maximum Gasteiger partial charge on any atom is 0.255 e. The van der Waals surface area contributed by atoms with Crippen LogP contribution in [-0.4, -0.2) is 80.2 Å². The molecule has 2 aromatic carbocycles. The maximum atomic E-state index is 13.3. The van der Waals surface area contributed by atoms with Crippen LogP contribution in [0.2, 0.25) is 0 Å². The van der Waals surface area contributed by atoms with Crippen LogP contribution in [0.15, 0.2) is 53.4 Å². The van der Waals surface area contributed by atoms with Crippen molar-refractivity contribution in [2.45, 2.75) is 37.5 Å². The maximum absolute atomic E-state index is 13.3. The number of piperazine rings is 1. The standard InChI is InChI=1S/C26H34N4O4S/c1-2-21-10-4-6-12-23(21)27-25(31)20-28-16-18-29(19-17-28)26(32)22-11-5-7-13-24(22)35(33,34)30-14-8-3-9-15-30/h4-7,10-13H,2-3,8-9,14-20H2,1H3,(H,27,31). The molecule has 0 radical (unpaired) electrons. The Balaban J connectivity index is 1.37. The third kappa shape index (κ3) is 5.91. The second kappa shape index (κ2) is 11.3. The number of hydrogen-bond acceptors (Lipinski definition) is 5. The van der Waals surface area contributed by atoms with Crippen LogP contribution in [0.3, 0.4) is 0 Å². The lowest BCUT2D eigenvalue weighted by atomic mass is 10.1. The van der Waals surface area contributed by atoms with E-state index < -0.39 is 10.0 Å². The number of piperidine rings is 1. The topological polar surface area (TPSA) is 90.0 Å². The van der Waals surface area contributed by atoms with E-state index in [9.17, 15) is 18.0 Å². The van der Waals surface area contributed by atoms with E-state index in [1.54, 1.807) is 23.1 Å². The summed E-state index contributed by atoms with van der Waals surface area (Å²) in [6.07, 6.45) is 3.55. The molecule has 2 aliphatic heterocycles. The van der Waals surface area contributed by atoms with Crippen LogP contribution in [0, 0.1) is 0 Å². The molecule has 0 bridgehead atoms. The molecule has 0 saturated carbocycles.